The standard InChI is InChI=1S/C11H9NO4/c13-11(14)1-6-4-12-8-3-10-9(2-7(6)8)15-5-16-10/h2-4,12H,1,5H2,(H,13,14). The number of rotatable bonds is 2. The van der Waals surface area contributed by atoms with E-state index in [1.807, 2.05) is 12.1 Å². The number of fused-ring (bicyclic) bond motifs is 2. The second kappa shape index (κ2) is 3.16. The first-order chi connectivity index (χ1) is 7.74. The lowest BCUT2D eigenvalue weighted by Gasteiger charge is -1.98. The number of carboxylic acids is 1. The molecule has 1 aliphatic heterocycles. The SMILES string of the molecule is O=C(O)Cc1c[nH]c2cc3c(cc12)OCO3. The number of ether oxygens (including phenoxy) is 2. The summed E-state index contributed by atoms with van der Waals surface area (Å²) in [5.74, 6) is 0.508. The Hall–Kier alpha value is -2.17. The Balaban J connectivity index is 2.15. The molecule has 0 saturated carbocycles. The zero-order valence-electron chi connectivity index (χ0n) is 8.32. The minimum absolute atomic E-state index is 0.000353. The van der Waals surface area contributed by atoms with Crippen LogP contribution in [-0.4, -0.2) is 22.9 Å². The molecule has 1 aromatic carbocycles. The van der Waals surface area contributed by atoms with E-state index in [1.165, 1.54) is 0 Å². The second-order valence-electron chi connectivity index (χ2n) is 3.64. The van der Waals surface area contributed by atoms with Crippen molar-refractivity contribution in [2.45, 2.75) is 6.42 Å². The quantitative estimate of drug-likeness (QED) is 0.803. The lowest BCUT2D eigenvalue weighted by molar-refractivity contribution is -0.136. The van der Waals surface area contributed by atoms with Crippen LogP contribution in [0, 0.1) is 0 Å². The van der Waals surface area contributed by atoms with Gasteiger partial charge in [-0.2, -0.15) is 0 Å². The molecule has 1 aromatic heterocycles. The molecule has 5 heteroatoms. The molecule has 0 amide bonds. The molecule has 0 atom stereocenters. The summed E-state index contributed by atoms with van der Waals surface area (Å²) in [4.78, 5) is 13.7. The van der Waals surface area contributed by atoms with E-state index in [0.29, 0.717) is 11.5 Å². The van der Waals surface area contributed by atoms with Gasteiger partial charge in [0.2, 0.25) is 6.79 Å². The lowest BCUT2D eigenvalue weighted by atomic mass is 10.1. The molecule has 16 heavy (non-hydrogen) atoms. The van der Waals surface area contributed by atoms with Gasteiger partial charge in [0.25, 0.3) is 0 Å². The van der Waals surface area contributed by atoms with Crippen LogP contribution in [0.4, 0.5) is 0 Å². The fourth-order valence-electron chi connectivity index (χ4n) is 1.88. The van der Waals surface area contributed by atoms with Gasteiger partial charge in [-0.05, 0) is 11.6 Å². The summed E-state index contributed by atoms with van der Waals surface area (Å²) in [6.07, 6.45) is 1.70. The highest BCUT2D eigenvalue weighted by Gasteiger charge is 2.17. The zero-order valence-corrected chi connectivity index (χ0v) is 8.32. The third kappa shape index (κ3) is 1.29. The Morgan fingerprint density at radius 3 is 2.88 bits per heavy atom. The number of carbonyl (C=O) groups is 1. The van der Waals surface area contributed by atoms with Gasteiger partial charge in [0.05, 0.1) is 6.42 Å². The molecule has 2 heterocycles. The summed E-state index contributed by atoms with van der Waals surface area (Å²) < 4.78 is 10.5. The second-order valence-corrected chi connectivity index (χ2v) is 3.64. The molecule has 5 nitrogen and oxygen atoms in total. The van der Waals surface area contributed by atoms with Crippen molar-refractivity contribution in [2.75, 3.05) is 6.79 Å². The van der Waals surface area contributed by atoms with Gasteiger partial charge in [0.1, 0.15) is 0 Å². The van der Waals surface area contributed by atoms with E-state index in [4.69, 9.17) is 14.6 Å². The molecule has 0 aliphatic carbocycles. The predicted molar refractivity (Wildman–Crippen MR) is 55.8 cm³/mol. The van der Waals surface area contributed by atoms with E-state index in [1.54, 1.807) is 6.20 Å². The van der Waals surface area contributed by atoms with E-state index >= 15 is 0 Å². The number of aromatic nitrogens is 1. The maximum atomic E-state index is 10.7. The van der Waals surface area contributed by atoms with Crippen molar-refractivity contribution in [2.24, 2.45) is 0 Å². The van der Waals surface area contributed by atoms with Crippen molar-refractivity contribution in [3.05, 3.63) is 23.9 Å². The first-order valence-electron chi connectivity index (χ1n) is 4.85. The number of carboxylic acid groups (broad SMARTS) is 1. The van der Waals surface area contributed by atoms with Gasteiger partial charge in [-0.3, -0.25) is 4.79 Å². The molecule has 82 valence electrons. The van der Waals surface area contributed by atoms with E-state index in [0.717, 1.165) is 16.5 Å². The van der Waals surface area contributed by atoms with Gasteiger partial charge in [0, 0.05) is 23.2 Å². The minimum Gasteiger partial charge on any atom is -0.481 e. The van der Waals surface area contributed by atoms with Crippen molar-refractivity contribution in [1.82, 2.24) is 4.98 Å². The monoisotopic (exact) mass is 219 g/mol. The third-order valence-corrected chi connectivity index (χ3v) is 2.60. The maximum absolute atomic E-state index is 10.7. The molecule has 0 spiro atoms. The molecule has 1 aliphatic rings. The van der Waals surface area contributed by atoms with Crippen LogP contribution in [0.1, 0.15) is 5.56 Å². The van der Waals surface area contributed by atoms with Gasteiger partial charge in [-0.15, -0.1) is 0 Å². The normalized spacial score (nSPS) is 13.2. The number of aliphatic carboxylic acids is 1. The highest BCUT2D eigenvalue weighted by Crippen LogP contribution is 2.36. The predicted octanol–water partition coefficient (Wildman–Crippen LogP) is 1.52. The van der Waals surface area contributed by atoms with Crippen LogP contribution in [0.5, 0.6) is 11.5 Å². The number of H-pyrrole nitrogens is 1. The summed E-state index contributed by atoms with van der Waals surface area (Å²) in [5, 5.41) is 9.64. The smallest absolute Gasteiger partial charge is 0.307 e. The Morgan fingerprint density at radius 2 is 2.12 bits per heavy atom. The van der Waals surface area contributed by atoms with Crippen molar-refractivity contribution in [3.8, 4) is 11.5 Å². The van der Waals surface area contributed by atoms with Crippen molar-refractivity contribution in [1.29, 1.82) is 0 Å². The molecule has 0 fully saturated rings. The molecule has 2 aromatic rings. The summed E-state index contributed by atoms with van der Waals surface area (Å²) in [7, 11) is 0. The van der Waals surface area contributed by atoms with E-state index < -0.39 is 5.97 Å². The first kappa shape index (κ1) is 9.08. The highest BCUT2D eigenvalue weighted by atomic mass is 16.7. The van der Waals surface area contributed by atoms with Crippen LogP contribution in [-0.2, 0) is 11.2 Å². The topological polar surface area (TPSA) is 71.5 Å². The Bertz CT molecular complexity index is 573. The summed E-state index contributed by atoms with van der Waals surface area (Å²) in [6, 6.07) is 3.63. The number of nitrogens with one attached hydrogen (secondary N) is 1. The molecule has 3 rings (SSSR count). The van der Waals surface area contributed by atoms with Crippen molar-refractivity contribution in [3.63, 3.8) is 0 Å². The van der Waals surface area contributed by atoms with Crippen LogP contribution in [0.2, 0.25) is 0 Å². The summed E-state index contributed by atoms with van der Waals surface area (Å²) in [6.45, 7) is 0.218. The van der Waals surface area contributed by atoms with Gasteiger partial charge in [-0.1, -0.05) is 0 Å². The molecule has 0 unspecified atom stereocenters. The maximum Gasteiger partial charge on any atom is 0.307 e. The van der Waals surface area contributed by atoms with Crippen LogP contribution in [0.25, 0.3) is 10.9 Å². The molecule has 0 bridgehead atoms. The molecule has 2 N–H and O–H groups in total. The average molecular weight is 219 g/mol. The number of aromatic amines is 1. The van der Waals surface area contributed by atoms with Crippen LogP contribution < -0.4 is 9.47 Å². The fourth-order valence-corrected chi connectivity index (χ4v) is 1.88. The van der Waals surface area contributed by atoms with E-state index in [-0.39, 0.29) is 13.2 Å². The Kier molecular flexibility index (Phi) is 1.80. The molecular weight excluding hydrogens is 210 g/mol. The van der Waals surface area contributed by atoms with Crippen LogP contribution >= 0.6 is 0 Å². The lowest BCUT2D eigenvalue weighted by Crippen LogP contribution is -1.98. The highest BCUT2D eigenvalue weighted by molar-refractivity contribution is 5.89. The van der Waals surface area contributed by atoms with E-state index in [9.17, 15) is 4.79 Å². The largest absolute Gasteiger partial charge is 0.481 e. The number of hydrogen-bond acceptors (Lipinski definition) is 3. The third-order valence-electron chi connectivity index (χ3n) is 2.60. The summed E-state index contributed by atoms with van der Waals surface area (Å²) >= 11 is 0. The number of benzene rings is 1. The molecule has 0 radical (unpaired) electrons. The fraction of sp³-hybridized carbons (Fsp3) is 0.182. The first-order valence-corrected chi connectivity index (χ1v) is 4.85. The van der Waals surface area contributed by atoms with Crippen molar-refractivity contribution >= 4 is 16.9 Å². The van der Waals surface area contributed by atoms with Gasteiger partial charge < -0.3 is 19.6 Å². The van der Waals surface area contributed by atoms with Gasteiger partial charge >= 0.3 is 5.97 Å². The average Bonchev–Trinajstić information content (AvgIpc) is 2.81. The molecule has 0 saturated heterocycles. The van der Waals surface area contributed by atoms with Crippen LogP contribution in [0.3, 0.4) is 0 Å². The van der Waals surface area contributed by atoms with Crippen LogP contribution in [0.15, 0.2) is 18.3 Å². The zero-order chi connectivity index (χ0) is 11.1. The minimum atomic E-state index is -0.849. The van der Waals surface area contributed by atoms with Gasteiger partial charge in [-0.25, -0.2) is 0 Å². The number of hydrogen-bond donors (Lipinski definition) is 2. The summed E-state index contributed by atoms with van der Waals surface area (Å²) in [5.41, 5.74) is 1.61. The Labute approximate surface area is 90.6 Å². The Morgan fingerprint density at radius 1 is 1.38 bits per heavy atom. The van der Waals surface area contributed by atoms with E-state index in [2.05, 4.69) is 4.98 Å². The van der Waals surface area contributed by atoms with Crippen molar-refractivity contribution < 1.29 is 19.4 Å². The molecular formula is C11H9NO4. The van der Waals surface area contributed by atoms with Gasteiger partial charge in [0.15, 0.2) is 11.5 Å².